The number of hydrogen-bond donors (Lipinski definition) is 1. The molecule has 2 heterocycles. The van der Waals surface area contributed by atoms with Crippen LogP contribution in [0.2, 0.25) is 0 Å². The number of carbonyl (C=O) groups is 1. The fourth-order valence-corrected chi connectivity index (χ4v) is 3.39. The van der Waals surface area contributed by atoms with Gasteiger partial charge in [0.1, 0.15) is 5.69 Å². The maximum Gasteiger partial charge on any atom is 0.274 e. The highest BCUT2D eigenvalue weighted by molar-refractivity contribution is 5.92. The van der Waals surface area contributed by atoms with Crippen LogP contribution in [0.5, 0.6) is 0 Å². The second-order valence-electron chi connectivity index (χ2n) is 6.76. The molecule has 128 valence electrons. The summed E-state index contributed by atoms with van der Waals surface area (Å²) in [5.74, 6) is -0.0131. The molecule has 5 nitrogen and oxygen atoms in total. The van der Waals surface area contributed by atoms with Crippen LogP contribution >= 0.6 is 0 Å². The smallest absolute Gasteiger partial charge is 0.274 e. The summed E-state index contributed by atoms with van der Waals surface area (Å²) in [5.41, 5.74) is 4.32. The van der Waals surface area contributed by atoms with Crippen LogP contribution in [0.4, 0.5) is 0 Å². The molecule has 1 amide bonds. The zero-order valence-corrected chi connectivity index (χ0v) is 14.7. The summed E-state index contributed by atoms with van der Waals surface area (Å²) < 4.78 is 0. The Morgan fingerprint density at radius 2 is 2.12 bits per heavy atom. The monoisotopic (exact) mass is 326 g/mol. The molecule has 1 aliphatic rings. The Kier molecular flexibility index (Phi) is 5.00. The van der Waals surface area contributed by atoms with E-state index in [-0.39, 0.29) is 5.91 Å². The number of likely N-dealkylation sites (N-methyl/N-ethyl adjacent to an activating group) is 2. The third kappa shape index (κ3) is 3.51. The normalized spacial score (nSPS) is 17.5. The average Bonchev–Trinajstić information content (AvgIpc) is 3.03. The van der Waals surface area contributed by atoms with Crippen molar-refractivity contribution in [1.82, 2.24) is 20.0 Å². The first-order valence-corrected chi connectivity index (χ1v) is 8.65. The SMILES string of the molecule is CCCc1cc(C(=O)N(C)C[C@@H]2Cc3ccccc3CN2C)n[nH]1. The Morgan fingerprint density at radius 3 is 2.88 bits per heavy atom. The highest BCUT2D eigenvalue weighted by atomic mass is 16.2. The van der Waals surface area contributed by atoms with Crippen LogP contribution in [0.15, 0.2) is 30.3 Å². The number of aromatic amines is 1. The Labute approximate surface area is 143 Å². The maximum absolute atomic E-state index is 12.6. The van der Waals surface area contributed by atoms with Gasteiger partial charge in [0, 0.05) is 31.9 Å². The predicted octanol–water partition coefficient (Wildman–Crippen LogP) is 2.49. The summed E-state index contributed by atoms with van der Waals surface area (Å²) in [6.45, 7) is 3.76. The Hall–Kier alpha value is -2.14. The van der Waals surface area contributed by atoms with Crippen LogP contribution in [0.25, 0.3) is 0 Å². The lowest BCUT2D eigenvalue weighted by Crippen LogP contribution is -2.46. The molecule has 1 atom stereocenters. The third-order valence-corrected chi connectivity index (χ3v) is 4.82. The number of amides is 1. The van der Waals surface area contributed by atoms with Gasteiger partial charge >= 0.3 is 0 Å². The van der Waals surface area contributed by atoms with Gasteiger partial charge in [-0.05, 0) is 37.1 Å². The quantitative estimate of drug-likeness (QED) is 0.918. The van der Waals surface area contributed by atoms with Gasteiger partial charge in [0.15, 0.2) is 0 Å². The molecule has 0 aliphatic carbocycles. The number of carbonyl (C=O) groups excluding carboxylic acids is 1. The second kappa shape index (κ2) is 7.18. The molecule has 5 heteroatoms. The molecule has 0 saturated heterocycles. The van der Waals surface area contributed by atoms with Crippen LogP contribution in [0.3, 0.4) is 0 Å². The van der Waals surface area contributed by atoms with Gasteiger partial charge in [-0.2, -0.15) is 5.10 Å². The van der Waals surface area contributed by atoms with Gasteiger partial charge in [-0.3, -0.25) is 14.8 Å². The lowest BCUT2D eigenvalue weighted by atomic mass is 9.94. The molecule has 3 rings (SSSR count). The van der Waals surface area contributed by atoms with Crippen molar-refractivity contribution >= 4 is 5.91 Å². The summed E-state index contributed by atoms with van der Waals surface area (Å²) >= 11 is 0. The number of aryl methyl sites for hydroxylation is 1. The lowest BCUT2D eigenvalue weighted by molar-refractivity contribution is 0.0727. The minimum Gasteiger partial charge on any atom is -0.339 e. The number of nitrogens with zero attached hydrogens (tertiary/aromatic N) is 3. The number of nitrogens with one attached hydrogen (secondary N) is 1. The molecule has 1 N–H and O–H groups in total. The zero-order chi connectivity index (χ0) is 17.1. The van der Waals surface area contributed by atoms with Crippen molar-refractivity contribution in [2.45, 2.75) is 38.8 Å². The topological polar surface area (TPSA) is 52.2 Å². The third-order valence-electron chi connectivity index (χ3n) is 4.82. The van der Waals surface area contributed by atoms with E-state index < -0.39 is 0 Å². The van der Waals surface area contributed by atoms with Gasteiger partial charge in [0.05, 0.1) is 0 Å². The molecule has 1 aliphatic heterocycles. The maximum atomic E-state index is 12.6. The van der Waals surface area contributed by atoms with Crippen molar-refractivity contribution in [1.29, 1.82) is 0 Å². The van der Waals surface area contributed by atoms with Crippen molar-refractivity contribution < 1.29 is 4.79 Å². The van der Waals surface area contributed by atoms with Gasteiger partial charge in [-0.25, -0.2) is 0 Å². The fraction of sp³-hybridized carbons (Fsp3) is 0.474. The van der Waals surface area contributed by atoms with Crippen LogP contribution in [0, 0.1) is 0 Å². The number of hydrogen-bond acceptors (Lipinski definition) is 3. The van der Waals surface area contributed by atoms with Crippen molar-refractivity contribution in [3.8, 4) is 0 Å². The molecular formula is C19H26N4O. The minimum atomic E-state index is -0.0131. The first-order valence-electron chi connectivity index (χ1n) is 8.65. The van der Waals surface area contributed by atoms with E-state index in [1.807, 2.05) is 13.1 Å². The van der Waals surface area contributed by atoms with E-state index in [4.69, 9.17) is 0 Å². The molecule has 2 aromatic rings. The first-order chi connectivity index (χ1) is 11.6. The standard InChI is InChI=1S/C19H26N4O/c1-4-7-16-11-18(21-20-16)19(24)23(3)13-17-10-14-8-5-6-9-15(14)12-22(17)2/h5-6,8-9,11,17H,4,7,10,12-13H2,1-3H3,(H,20,21)/t17-/m0/s1. The summed E-state index contributed by atoms with van der Waals surface area (Å²) in [4.78, 5) is 16.7. The van der Waals surface area contributed by atoms with Crippen LogP contribution in [-0.2, 0) is 19.4 Å². The van der Waals surface area contributed by atoms with Gasteiger partial charge in [0.25, 0.3) is 5.91 Å². The van der Waals surface area contributed by atoms with Crippen molar-refractivity contribution in [3.05, 3.63) is 52.8 Å². The molecule has 24 heavy (non-hydrogen) atoms. The minimum absolute atomic E-state index is 0.0131. The van der Waals surface area contributed by atoms with Gasteiger partial charge in [-0.1, -0.05) is 37.6 Å². The number of rotatable bonds is 5. The predicted molar refractivity (Wildman–Crippen MR) is 94.9 cm³/mol. The fourth-order valence-electron chi connectivity index (χ4n) is 3.39. The Balaban J connectivity index is 1.65. The van der Waals surface area contributed by atoms with Gasteiger partial charge < -0.3 is 4.90 Å². The number of fused-ring (bicyclic) bond motifs is 1. The molecular weight excluding hydrogens is 300 g/mol. The molecule has 0 fully saturated rings. The van der Waals surface area contributed by atoms with E-state index in [9.17, 15) is 4.79 Å². The van der Waals surface area contributed by atoms with E-state index in [2.05, 4.69) is 53.3 Å². The first kappa shape index (κ1) is 16.7. The molecule has 0 bridgehead atoms. The highest BCUT2D eigenvalue weighted by Gasteiger charge is 2.26. The average molecular weight is 326 g/mol. The molecule has 1 aromatic heterocycles. The number of aromatic nitrogens is 2. The number of H-pyrrole nitrogens is 1. The van der Waals surface area contributed by atoms with Gasteiger partial charge in [0.2, 0.25) is 0 Å². The number of benzene rings is 1. The molecule has 0 unspecified atom stereocenters. The Morgan fingerprint density at radius 1 is 1.38 bits per heavy atom. The molecule has 0 spiro atoms. The molecule has 1 aromatic carbocycles. The summed E-state index contributed by atoms with van der Waals surface area (Å²) in [6.07, 6.45) is 2.94. The van der Waals surface area contributed by atoms with Gasteiger partial charge in [-0.15, -0.1) is 0 Å². The van der Waals surface area contributed by atoms with Crippen LogP contribution in [0.1, 0.15) is 40.7 Å². The van der Waals surface area contributed by atoms with E-state index in [0.29, 0.717) is 18.3 Å². The van der Waals surface area contributed by atoms with E-state index in [0.717, 1.165) is 31.5 Å². The van der Waals surface area contributed by atoms with Crippen molar-refractivity contribution in [3.63, 3.8) is 0 Å². The summed E-state index contributed by atoms with van der Waals surface area (Å²) in [6, 6.07) is 10.8. The van der Waals surface area contributed by atoms with Crippen molar-refractivity contribution in [2.75, 3.05) is 20.6 Å². The van der Waals surface area contributed by atoms with E-state index >= 15 is 0 Å². The van der Waals surface area contributed by atoms with Crippen molar-refractivity contribution in [2.24, 2.45) is 0 Å². The summed E-state index contributed by atoms with van der Waals surface area (Å²) in [7, 11) is 4.00. The van der Waals surface area contributed by atoms with E-state index in [1.54, 1.807) is 4.90 Å². The van der Waals surface area contributed by atoms with E-state index in [1.165, 1.54) is 11.1 Å². The zero-order valence-electron chi connectivity index (χ0n) is 14.7. The molecule has 0 radical (unpaired) electrons. The second-order valence-corrected chi connectivity index (χ2v) is 6.76. The summed E-state index contributed by atoms with van der Waals surface area (Å²) in [5, 5.41) is 7.13. The Bertz CT molecular complexity index is 709. The molecule has 0 saturated carbocycles. The van der Waals surface area contributed by atoms with Crippen LogP contribution < -0.4 is 0 Å². The largest absolute Gasteiger partial charge is 0.339 e. The van der Waals surface area contributed by atoms with Crippen LogP contribution in [-0.4, -0.2) is 52.6 Å². The lowest BCUT2D eigenvalue weighted by Gasteiger charge is -2.36. The highest BCUT2D eigenvalue weighted by Crippen LogP contribution is 2.22.